The van der Waals surface area contributed by atoms with Crippen LogP contribution < -0.4 is 0 Å². The third kappa shape index (κ3) is 23.0. The van der Waals surface area contributed by atoms with E-state index in [1.54, 1.807) is 24.3 Å². The molecule has 1 rings (SSSR count). The van der Waals surface area contributed by atoms with Crippen LogP contribution in [0.2, 0.25) is 0 Å². The SMILES string of the molecule is O=P(O)(O)O.Oc1ccccc1.S.[Ca+2].[H-].[H-]. The van der Waals surface area contributed by atoms with Gasteiger partial charge >= 0.3 is 45.6 Å². The summed E-state index contributed by atoms with van der Waals surface area (Å²) in [6.45, 7) is 0. The van der Waals surface area contributed by atoms with Crippen molar-refractivity contribution in [3.63, 3.8) is 0 Å². The van der Waals surface area contributed by atoms with Crippen molar-refractivity contribution < 1.29 is 27.2 Å². The number of aromatic hydroxyl groups is 1. The van der Waals surface area contributed by atoms with Gasteiger partial charge in [0, 0.05) is 0 Å². The molecule has 1 aromatic carbocycles. The Morgan fingerprint density at radius 1 is 1.07 bits per heavy atom. The number of benzene rings is 1. The molecule has 14 heavy (non-hydrogen) atoms. The molecule has 80 valence electrons. The predicted molar refractivity (Wildman–Crippen MR) is 60.7 cm³/mol. The Hall–Kier alpha value is 0.740. The molecule has 0 unspecified atom stereocenters. The van der Waals surface area contributed by atoms with Gasteiger partial charge in [-0.3, -0.25) is 0 Å². The molecule has 0 saturated carbocycles. The summed E-state index contributed by atoms with van der Waals surface area (Å²) in [7, 11) is -4.64. The van der Waals surface area contributed by atoms with E-state index < -0.39 is 7.82 Å². The largest absolute Gasteiger partial charge is 2.00 e. The van der Waals surface area contributed by atoms with Crippen molar-refractivity contribution in [3.05, 3.63) is 30.3 Å². The summed E-state index contributed by atoms with van der Waals surface area (Å²) < 4.78 is 8.88. The van der Waals surface area contributed by atoms with E-state index in [4.69, 9.17) is 24.4 Å². The first-order valence-corrected chi connectivity index (χ1v) is 4.48. The van der Waals surface area contributed by atoms with Crippen LogP contribution in [0.15, 0.2) is 30.3 Å². The van der Waals surface area contributed by atoms with E-state index in [1.165, 1.54) is 0 Å². The quantitative estimate of drug-likeness (QED) is 0.404. The number of hydrogen-bond acceptors (Lipinski definition) is 2. The molecule has 0 bridgehead atoms. The van der Waals surface area contributed by atoms with Crippen molar-refractivity contribution >= 4 is 59.1 Å². The molecule has 0 fully saturated rings. The zero-order valence-corrected chi connectivity index (χ0v) is 11.3. The van der Waals surface area contributed by atoms with Gasteiger partial charge in [0.2, 0.25) is 0 Å². The summed E-state index contributed by atoms with van der Waals surface area (Å²) in [5.41, 5.74) is 0. The maximum atomic E-state index is 8.88. The number of phosphoric acid groups is 1. The van der Waals surface area contributed by atoms with Crippen LogP contribution in [-0.4, -0.2) is 57.5 Å². The van der Waals surface area contributed by atoms with Gasteiger partial charge in [0.15, 0.2) is 0 Å². The molecule has 0 aliphatic heterocycles. The van der Waals surface area contributed by atoms with Gasteiger partial charge < -0.3 is 22.6 Å². The molecule has 0 spiro atoms. The van der Waals surface area contributed by atoms with Crippen molar-refractivity contribution in [2.75, 3.05) is 0 Å². The van der Waals surface area contributed by atoms with E-state index >= 15 is 0 Å². The summed E-state index contributed by atoms with van der Waals surface area (Å²) >= 11 is 0. The normalized spacial score (nSPS) is 8.50. The second kappa shape index (κ2) is 10.3. The third-order valence-corrected chi connectivity index (χ3v) is 0.756. The zero-order chi connectivity index (χ0) is 9.61. The molecule has 0 aromatic heterocycles. The molecule has 0 aliphatic carbocycles. The van der Waals surface area contributed by atoms with E-state index in [-0.39, 0.29) is 54.1 Å². The minimum absolute atomic E-state index is 0. The van der Waals surface area contributed by atoms with Crippen LogP contribution in [0.25, 0.3) is 0 Å². The fraction of sp³-hybridized carbons (Fsp3) is 0. The van der Waals surface area contributed by atoms with Crippen LogP contribution in [0.5, 0.6) is 5.75 Å². The van der Waals surface area contributed by atoms with Gasteiger partial charge in [0.1, 0.15) is 5.75 Å². The first-order valence-electron chi connectivity index (χ1n) is 2.92. The van der Waals surface area contributed by atoms with E-state index in [1.807, 2.05) is 6.07 Å². The predicted octanol–water partition coefficient (Wildman–Crippen LogP) is 0.421. The first kappa shape index (κ1) is 20.2. The van der Waals surface area contributed by atoms with Crippen LogP contribution in [0.4, 0.5) is 0 Å². The molecule has 1 aromatic rings. The molecule has 0 amide bonds. The Balaban J connectivity index is -0.0000000419. The molecule has 8 heteroatoms. The number of rotatable bonds is 0. The van der Waals surface area contributed by atoms with E-state index in [0.717, 1.165) is 0 Å². The average Bonchev–Trinajstić information content (AvgIpc) is 1.85. The standard InChI is InChI=1S/C6H6O.Ca.H3O4P.H2S.2H/c7-6-4-2-1-3-5-6;;1-5(2,3)4;;;/h1-5,7H;;(H3,1,2,3,4);1H2;;/q;+2;;;2*-1. The van der Waals surface area contributed by atoms with Crippen molar-refractivity contribution in [1.29, 1.82) is 0 Å². The Labute approximate surface area is 121 Å². The summed E-state index contributed by atoms with van der Waals surface area (Å²) in [5, 5.41) is 8.63. The summed E-state index contributed by atoms with van der Waals surface area (Å²) in [4.78, 5) is 21.6. The Morgan fingerprint density at radius 3 is 1.50 bits per heavy atom. The third-order valence-electron chi connectivity index (χ3n) is 0.756. The van der Waals surface area contributed by atoms with Crippen molar-refractivity contribution in [3.8, 4) is 5.75 Å². The fourth-order valence-electron chi connectivity index (χ4n) is 0.428. The second-order valence-corrected chi connectivity index (χ2v) is 2.88. The van der Waals surface area contributed by atoms with Crippen molar-refractivity contribution in [2.45, 2.75) is 0 Å². The molecule has 0 saturated heterocycles. The monoisotopic (exact) mass is 268 g/mol. The molecule has 0 heterocycles. The van der Waals surface area contributed by atoms with E-state index in [9.17, 15) is 0 Å². The van der Waals surface area contributed by atoms with E-state index in [0.29, 0.717) is 5.75 Å². The average molecular weight is 268 g/mol. The summed E-state index contributed by atoms with van der Waals surface area (Å²) in [6, 6.07) is 8.71. The van der Waals surface area contributed by atoms with Crippen LogP contribution >= 0.6 is 21.3 Å². The van der Waals surface area contributed by atoms with E-state index in [2.05, 4.69) is 0 Å². The number of hydrogen-bond donors (Lipinski definition) is 4. The summed E-state index contributed by atoms with van der Waals surface area (Å²) in [5.74, 6) is 0.322. The molecule has 0 atom stereocenters. The Bertz CT molecular complexity index is 265. The minimum atomic E-state index is -4.64. The first-order chi connectivity index (χ1) is 5.39. The van der Waals surface area contributed by atoms with Gasteiger partial charge in [0.25, 0.3) is 0 Å². The van der Waals surface area contributed by atoms with Crippen molar-refractivity contribution in [2.24, 2.45) is 0 Å². The molecule has 0 aliphatic rings. The van der Waals surface area contributed by atoms with Crippen molar-refractivity contribution in [1.82, 2.24) is 0 Å². The molecular formula is C6H13CaO5PS. The van der Waals surface area contributed by atoms with Crippen LogP contribution in [-0.2, 0) is 4.57 Å². The van der Waals surface area contributed by atoms with Crippen LogP contribution in [0.1, 0.15) is 2.85 Å². The Morgan fingerprint density at radius 2 is 1.36 bits per heavy atom. The number of phenols is 1. The molecular weight excluding hydrogens is 255 g/mol. The molecule has 4 N–H and O–H groups in total. The molecule has 0 radical (unpaired) electrons. The minimum Gasteiger partial charge on any atom is -1.00 e. The van der Waals surface area contributed by atoms with Gasteiger partial charge in [-0.15, -0.1) is 0 Å². The number of para-hydroxylation sites is 1. The van der Waals surface area contributed by atoms with Crippen LogP contribution in [0.3, 0.4) is 0 Å². The van der Waals surface area contributed by atoms with Gasteiger partial charge in [-0.25, -0.2) is 4.57 Å². The zero-order valence-electron chi connectivity index (χ0n) is 9.24. The second-order valence-electron chi connectivity index (χ2n) is 1.85. The maximum absolute atomic E-state index is 8.88. The van der Waals surface area contributed by atoms with Gasteiger partial charge in [-0.05, 0) is 12.1 Å². The van der Waals surface area contributed by atoms with Gasteiger partial charge in [-0.1, -0.05) is 18.2 Å². The topological polar surface area (TPSA) is 98.0 Å². The maximum Gasteiger partial charge on any atom is 2.00 e. The fourth-order valence-corrected chi connectivity index (χ4v) is 0.428. The summed E-state index contributed by atoms with van der Waals surface area (Å²) in [6.07, 6.45) is 0. The molecule has 5 nitrogen and oxygen atoms in total. The smallest absolute Gasteiger partial charge is 1.00 e. The number of phenolic OH excluding ortho intramolecular Hbond substituents is 1. The Kier molecular flexibility index (Phi) is 14.8. The van der Waals surface area contributed by atoms with Gasteiger partial charge in [-0.2, -0.15) is 13.5 Å². The van der Waals surface area contributed by atoms with Crippen LogP contribution in [0, 0.1) is 0 Å². The van der Waals surface area contributed by atoms with Gasteiger partial charge in [0.05, 0.1) is 0 Å².